The molecule has 0 aliphatic carbocycles. The molecule has 376 valence electrons. The first-order valence-electron chi connectivity index (χ1n) is 23.3. The molecular weight excluding hydrogens is 971 g/mol. The Hall–Kier alpha value is -7.09. The molecule has 5 N–H and O–H groups in total. The maximum atomic E-state index is 13.6. The fraction of sp³-hybridized carbons (Fsp3) is 0.327. The van der Waals surface area contributed by atoms with Gasteiger partial charge in [0.15, 0.2) is 11.6 Å². The number of carboxylic acid groups (broad SMARTS) is 1. The van der Waals surface area contributed by atoms with Gasteiger partial charge in [-0.1, -0.05) is 74.0 Å². The number of likely N-dealkylation sites (tertiary alicyclic amines) is 1. The first-order chi connectivity index (χ1) is 34.2. The number of phenols is 2. The van der Waals surface area contributed by atoms with Crippen molar-refractivity contribution >= 4 is 40.5 Å². The number of aliphatic imine (C=N–C) groups is 1. The number of amides is 1. The highest BCUT2D eigenvalue weighted by Gasteiger charge is 2.38. The third-order valence-corrected chi connectivity index (χ3v) is 14.4. The lowest BCUT2D eigenvalue weighted by molar-refractivity contribution is -0.192. The van der Waals surface area contributed by atoms with Crippen LogP contribution in [-0.2, 0) is 29.1 Å². The minimum absolute atomic E-state index is 0.00387. The van der Waals surface area contributed by atoms with Gasteiger partial charge in [-0.3, -0.25) is 19.3 Å². The first-order valence-corrected chi connectivity index (χ1v) is 24.5. The summed E-state index contributed by atoms with van der Waals surface area (Å²) >= 11 is 7.96. The van der Waals surface area contributed by atoms with Crippen LogP contribution in [0, 0.1) is 26.7 Å². The van der Waals surface area contributed by atoms with Crippen LogP contribution in [-0.4, -0.2) is 86.6 Å². The number of carboxylic acids is 1. The summed E-state index contributed by atoms with van der Waals surface area (Å²) in [5, 5.41) is 48.7. The van der Waals surface area contributed by atoms with Crippen molar-refractivity contribution < 1.29 is 38.1 Å². The van der Waals surface area contributed by atoms with E-state index in [9.17, 15) is 33.0 Å². The summed E-state index contributed by atoms with van der Waals surface area (Å²) in [6.07, 6.45) is -1.83. The van der Waals surface area contributed by atoms with Crippen molar-refractivity contribution in [2.45, 2.75) is 91.5 Å². The van der Waals surface area contributed by atoms with Gasteiger partial charge >= 0.3 is 17.8 Å². The largest absolute Gasteiger partial charge is 0.508 e. The van der Waals surface area contributed by atoms with E-state index in [0.717, 1.165) is 77.7 Å². The lowest BCUT2D eigenvalue weighted by Crippen LogP contribution is -2.33. The van der Waals surface area contributed by atoms with Gasteiger partial charge in [0.25, 0.3) is 0 Å². The molecule has 1 saturated heterocycles. The Bertz CT molecular complexity index is 3190. The summed E-state index contributed by atoms with van der Waals surface area (Å²) in [6, 6.07) is 26.6. The van der Waals surface area contributed by atoms with Gasteiger partial charge in [-0.2, -0.15) is 18.3 Å². The topological polar surface area (TPSA) is 204 Å². The molecule has 1 amide bonds. The molecule has 1 atom stereocenters. The number of carbonyl (C=O) groups excluding carboxylic acids is 1. The highest BCUT2D eigenvalue weighted by atomic mass is 35.5. The number of piperidine rings is 1. The number of nitrogens with zero attached hydrogens (tertiary/aromatic N) is 7. The minimum atomic E-state index is -5.08. The van der Waals surface area contributed by atoms with E-state index in [1.165, 1.54) is 26.6 Å². The molecule has 20 heteroatoms. The lowest BCUT2D eigenvalue weighted by atomic mass is 9.90. The highest BCUT2D eigenvalue weighted by Crippen LogP contribution is 2.40. The smallest absolute Gasteiger partial charge is 0.490 e. The Balaban J connectivity index is 0.000000923. The summed E-state index contributed by atoms with van der Waals surface area (Å²) in [6.45, 7) is 13.4. The van der Waals surface area contributed by atoms with Gasteiger partial charge in [-0.25, -0.2) is 19.3 Å². The fourth-order valence-electron chi connectivity index (χ4n) is 9.02. The van der Waals surface area contributed by atoms with E-state index in [1.54, 1.807) is 17.4 Å². The van der Waals surface area contributed by atoms with Crippen molar-refractivity contribution in [3.8, 4) is 33.6 Å². The number of rotatable bonds is 12. The van der Waals surface area contributed by atoms with Crippen molar-refractivity contribution in [3.05, 3.63) is 156 Å². The van der Waals surface area contributed by atoms with E-state index in [1.807, 2.05) is 57.2 Å². The van der Waals surface area contributed by atoms with Gasteiger partial charge in [0.1, 0.15) is 28.4 Å². The lowest BCUT2D eigenvalue weighted by Gasteiger charge is -2.32. The number of alkyl halides is 3. The molecule has 0 bridgehead atoms. The summed E-state index contributed by atoms with van der Waals surface area (Å²) in [5.74, 6) is -0.767. The van der Waals surface area contributed by atoms with E-state index in [4.69, 9.17) is 26.5 Å². The molecule has 0 unspecified atom stereocenters. The number of aryl methyl sites for hydroxylation is 2. The number of fused-ring (bicyclic) bond motifs is 3. The Morgan fingerprint density at radius 1 is 0.889 bits per heavy atom. The summed E-state index contributed by atoms with van der Waals surface area (Å²) in [4.78, 5) is 44.3. The number of hydrogen-bond donors (Lipinski definition) is 5. The number of aromatic nitrogens is 6. The van der Waals surface area contributed by atoms with Crippen molar-refractivity contribution in [2.24, 2.45) is 10.9 Å². The second-order valence-corrected chi connectivity index (χ2v) is 20.0. The number of phenolic OH excluding ortho intramolecular Hbond substituents is 2. The Morgan fingerprint density at radius 3 is 2.17 bits per heavy atom. The normalized spacial score (nSPS) is 15.0. The van der Waals surface area contributed by atoms with E-state index < -0.39 is 23.9 Å². The van der Waals surface area contributed by atoms with Crippen LogP contribution in [0.25, 0.3) is 22.1 Å². The van der Waals surface area contributed by atoms with Gasteiger partial charge in [-0.05, 0) is 123 Å². The number of thiophene rings is 1. The van der Waals surface area contributed by atoms with Gasteiger partial charge in [0.05, 0.1) is 23.4 Å². The summed E-state index contributed by atoms with van der Waals surface area (Å²) < 4.78 is 35.2. The van der Waals surface area contributed by atoms with Crippen LogP contribution in [0.1, 0.15) is 101 Å². The number of carbonyl (C=O) groups is 2. The molecule has 0 radical (unpaired) electrons. The molecule has 4 aromatic carbocycles. The average Bonchev–Trinajstić information content (AvgIpc) is 3.98. The summed E-state index contributed by atoms with van der Waals surface area (Å²) in [7, 11) is 0. The average molecular weight is 1020 g/mol. The molecule has 5 heterocycles. The molecule has 1 fully saturated rings. The molecule has 0 spiro atoms. The van der Waals surface area contributed by atoms with Crippen molar-refractivity contribution in [2.75, 3.05) is 13.1 Å². The second kappa shape index (κ2) is 21.3. The predicted octanol–water partition coefficient (Wildman–Crippen LogP) is 9.67. The second-order valence-electron chi connectivity index (χ2n) is 18.4. The molecule has 2 aliphatic rings. The number of aromatic hydroxyl groups is 2. The van der Waals surface area contributed by atoms with E-state index >= 15 is 0 Å². The maximum absolute atomic E-state index is 13.6. The number of H-pyrrole nitrogens is 1. The SMILES string of the molecule is Cc1sc2c(c1C)C(c1ccc(Cl)cc1)=N[C@@H](CC(=O)NCc1ccc(CN3CCC(Cc4ccc(-n5c(-c6cc(C(C)C)c(O)cc6O)n[nH]c5=O)cc4)CC3)cc1)c1nnc(C)n1-2.O=C(O)C(F)(F)F. The van der Waals surface area contributed by atoms with Crippen LogP contribution in [0.3, 0.4) is 0 Å². The zero-order chi connectivity index (χ0) is 51.6. The van der Waals surface area contributed by atoms with E-state index in [0.29, 0.717) is 40.1 Å². The molecular formula is C52H53ClF3N9O6S. The van der Waals surface area contributed by atoms with Crippen LogP contribution >= 0.6 is 22.9 Å². The van der Waals surface area contributed by atoms with Crippen LogP contribution < -0.4 is 11.0 Å². The first kappa shape index (κ1) is 51.3. The molecule has 72 heavy (non-hydrogen) atoms. The number of aliphatic carboxylic acids is 1. The fourth-order valence-corrected chi connectivity index (χ4v) is 10.4. The zero-order valence-corrected chi connectivity index (χ0v) is 41.7. The standard InChI is InChI=1S/C50H52ClN9O4S.C2HF3O2/c1-28(2)39-23-40(43(62)25-42(39)61)47-55-57-50(64)60(47)38-16-10-32(11-17-38)22-33-18-20-58(21-19-33)27-35-8-6-34(7-9-35)26-52-44(63)24-41-48-56-54-31(5)59(48)49-45(29(3)30(4)65-49)46(53-41)36-12-14-37(51)15-13-36;3-2(4,5)1(6)7/h6-17,23,25,28,33,41,61-62H,18-22,24,26-27H2,1-5H3,(H,52,63)(H,57,64);(H,6,7)/t41-;/m0./s1. The number of benzene rings is 4. The van der Waals surface area contributed by atoms with Gasteiger partial charge < -0.3 is 20.6 Å². The maximum Gasteiger partial charge on any atom is 0.490 e. The number of nitrogens with one attached hydrogen (secondary N) is 2. The van der Waals surface area contributed by atoms with Crippen LogP contribution in [0.4, 0.5) is 13.2 Å². The van der Waals surface area contributed by atoms with Gasteiger partial charge in [-0.15, -0.1) is 21.5 Å². The molecule has 7 aromatic rings. The number of aromatic amines is 1. The van der Waals surface area contributed by atoms with Crippen LogP contribution in [0.2, 0.25) is 5.02 Å². The van der Waals surface area contributed by atoms with Gasteiger partial charge in [0, 0.05) is 40.2 Å². The van der Waals surface area contributed by atoms with Crippen molar-refractivity contribution in [1.29, 1.82) is 0 Å². The third-order valence-electron chi connectivity index (χ3n) is 13.0. The molecule has 2 aliphatic heterocycles. The third kappa shape index (κ3) is 11.3. The molecule has 15 nitrogen and oxygen atoms in total. The minimum Gasteiger partial charge on any atom is -0.508 e. The van der Waals surface area contributed by atoms with Gasteiger partial charge in [0.2, 0.25) is 5.91 Å². The highest BCUT2D eigenvalue weighted by molar-refractivity contribution is 7.15. The Morgan fingerprint density at radius 2 is 1.53 bits per heavy atom. The Labute approximate surface area is 421 Å². The van der Waals surface area contributed by atoms with Crippen LogP contribution in [0.5, 0.6) is 11.5 Å². The van der Waals surface area contributed by atoms with E-state index in [-0.39, 0.29) is 35.6 Å². The quantitative estimate of drug-likeness (QED) is 0.0784. The monoisotopic (exact) mass is 1020 g/mol. The molecule has 0 saturated carbocycles. The van der Waals surface area contributed by atoms with Crippen molar-refractivity contribution in [1.82, 2.24) is 39.7 Å². The molecule has 3 aromatic heterocycles. The van der Waals surface area contributed by atoms with Crippen LogP contribution in [0.15, 0.2) is 94.7 Å². The predicted molar refractivity (Wildman–Crippen MR) is 269 cm³/mol. The number of hydrogen-bond acceptors (Lipinski definition) is 11. The summed E-state index contributed by atoms with van der Waals surface area (Å²) in [5.41, 5.74) is 8.66. The van der Waals surface area contributed by atoms with E-state index in [2.05, 4.69) is 85.4 Å². The van der Waals surface area contributed by atoms with Crippen molar-refractivity contribution in [3.63, 3.8) is 0 Å². The molecule has 9 rings (SSSR count). The Kier molecular flexibility index (Phi) is 15.2. The zero-order valence-electron chi connectivity index (χ0n) is 40.1. The number of halogens is 4.